The van der Waals surface area contributed by atoms with Gasteiger partial charge in [-0.05, 0) is 42.2 Å². The van der Waals surface area contributed by atoms with E-state index in [1.54, 1.807) is 17.8 Å². The molecule has 20 heavy (non-hydrogen) atoms. The number of anilines is 2. The molecule has 0 aliphatic rings. The van der Waals surface area contributed by atoms with Crippen LogP contribution in [-0.4, -0.2) is 12.3 Å². The number of hydrogen-bond donors (Lipinski definition) is 2. The number of halogens is 1. The second-order valence-corrected chi connectivity index (χ2v) is 5.48. The first-order valence-electron chi connectivity index (χ1n) is 6.09. The van der Waals surface area contributed by atoms with Gasteiger partial charge < -0.3 is 10.6 Å². The Morgan fingerprint density at radius 2 is 1.90 bits per heavy atom. The zero-order valence-electron chi connectivity index (χ0n) is 11.0. The fourth-order valence-corrected chi connectivity index (χ4v) is 2.51. The maximum absolute atomic E-state index is 12.0. The molecule has 5 heteroatoms. The zero-order chi connectivity index (χ0) is 14.4. The van der Waals surface area contributed by atoms with Crippen molar-refractivity contribution in [2.24, 2.45) is 0 Å². The van der Waals surface area contributed by atoms with Gasteiger partial charge >= 0.3 is 6.03 Å². The van der Waals surface area contributed by atoms with Gasteiger partial charge in [0.1, 0.15) is 0 Å². The lowest BCUT2D eigenvalue weighted by Gasteiger charge is -2.12. The summed E-state index contributed by atoms with van der Waals surface area (Å²) >= 11 is 7.66. The number of para-hydroxylation sites is 1. The minimum absolute atomic E-state index is 0.263. The Balaban J connectivity index is 2.07. The smallest absolute Gasteiger partial charge is 0.308 e. The lowest BCUT2D eigenvalue weighted by Crippen LogP contribution is -2.20. The average Bonchev–Trinajstić information content (AvgIpc) is 2.43. The molecule has 0 aromatic heterocycles. The molecule has 0 heterocycles. The Kier molecular flexibility index (Phi) is 5.32. The molecule has 104 valence electrons. The van der Waals surface area contributed by atoms with Crippen molar-refractivity contribution in [2.75, 3.05) is 16.9 Å². The summed E-state index contributed by atoms with van der Waals surface area (Å²) in [6.45, 7) is 0. The molecule has 2 amide bonds. The van der Waals surface area contributed by atoms with Gasteiger partial charge in [-0.3, -0.25) is 0 Å². The predicted octanol–water partition coefficient (Wildman–Crippen LogP) is 4.85. The van der Waals surface area contributed by atoms with Crippen molar-refractivity contribution < 1.29 is 4.79 Å². The van der Waals surface area contributed by atoms with Crippen molar-refractivity contribution in [3.05, 3.63) is 59.1 Å². The molecule has 0 saturated heterocycles. The SMILES string of the molecule is CSCc1cc(Cl)ccc1NC(=O)Nc1ccccc1. The van der Waals surface area contributed by atoms with Gasteiger partial charge in [-0.1, -0.05) is 29.8 Å². The second-order valence-electron chi connectivity index (χ2n) is 4.18. The van der Waals surface area contributed by atoms with Gasteiger partial charge in [-0.25, -0.2) is 4.79 Å². The van der Waals surface area contributed by atoms with E-state index < -0.39 is 0 Å². The Labute approximate surface area is 127 Å². The maximum Gasteiger partial charge on any atom is 0.323 e. The fourth-order valence-electron chi connectivity index (χ4n) is 1.77. The van der Waals surface area contributed by atoms with Crippen molar-refractivity contribution in [1.82, 2.24) is 0 Å². The highest BCUT2D eigenvalue weighted by Crippen LogP contribution is 2.24. The fraction of sp³-hybridized carbons (Fsp3) is 0.133. The Morgan fingerprint density at radius 1 is 1.15 bits per heavy atom. The molecule has 2 rings (SSSR count). The van der Waals surface area contributed by atoms with Gasteiger partial charge in [0.05, 0.1) is 0 Å². The second kappa shape index (κ2) is 7.22. The molecule has 0 unspecified atom stereocenters. The molecule has 3 nitrogen and oxygen atoms in total. The summed E-state index contributed by atoms with van der Waals surface area (Å²) in [6.07, 6.45) is 2.01. The monoisotopic (exact) mass is 306 g/mol. The number of hydrogen-bond acceptors (Lipinski definition) is 2. The quantitative estimate of drug-likeness (QED) is 0.848. The molecule has 0 radical (unpaired) electrons. The summed E-state index contributed by atoms with van der Waals surface area (Å²) in [5, 5.41) is 6.30. The van der Waals surface area contributed by atoms with Crippen LogP contribution in [0.25, 0.3) is 0 Å². The van der Waals surface area contributed by atoms with E-state index in [-0.39, 0.29) is 6.03 Å². The van der Waals surface area contributed by atoms with E-state index in [2.05, 4.69) is 10.6 Å². The normalized spacial score (nSPS) is 10.1. The van der Waals surface area contributed by atoms with Gasteiger partial charge in [0.15, 0.2) is 0 Å². The number of nitrogens with one attached hydrogen (secondary N) is 2. The van der Waals surface area contributed by atoms with Crippen LogP contribution in [0, 0.1) is 0 Å². The van der Waals surface area contributed by atoms with Crippen molar-refractivity contribution in [2.45, 2.75) is 5.75 Å². The standard InChI is InChI=1S/C15H15ClN2OS/c1-20-10-11-9-12(16)7-8-14(11)18-15(19)17-13-5-3-2-4-6-13/h2-9H,10H2,1H3,(H2,17,18,19). The first kappa shape index (κ1) is 14.8. The van der Waals surface area contributed by atoms with Crippen LogP contribution in [0.2, 0.25) is 5.02 Å². The molecule has 0 saturated carbocycles. The van der Waals surface area contributed by atoms with Crippen molar-refractivity contribution in [1.29, 1.82) is 0 Å². The van der Waals surface area contributed by atoms with Crippen molar-refractivity contribution in [3.8, 4) is 0 Å². The van der Waals surface area contributed by atoms with Crippen LogP contribution in [-0.2, 0) is 5.75 Å². The molecule has 0 aliphatic carbocycles. The van der Waals surface area contributed by atoms with Crippen molar-refractivity contribution in [3.63, 3.8) is 0 Å². The summed E-state index contributed by atoms with van der Waals surface area (Å²) in [5.74, 6) is 0.793. The molecule has 0 spiro atoms. The van der Waals surface area contributed by atoms with Gasteiger partial charge in [-0.2, -0.15) is 11.8 Å². The Morgan fingerprint density at radius 3 is 2.60 bits per heavy atom. The van der Waals surface area contributed by atoms with E-state index in [0.29, 0.717) is 5.02 Å². The number of carbonyl (C=O) groups is 1. The zero-order valence-corrected chi connectivity index (χ0v) is 12.6. The number of carbonyl (C=O) groups excluding carboxylic acids is 1. The number of amides is 2. The van der Waals surface area contributed by atoms with Gasteiger partial charge in [0.2, 0.25) is 0 Å². The third-order valence-electron chi connectivity index (χ3n) is 2.65. The first-order chi connectivity index (χ1) is 9.69. The lowest BCUT2D eigenvalue weighted by atomic mass is 10.2. The Hall–Kier alpha value is -1.65. The predicted molar refractivity (Wildman–Crippen MR) is 87.8 cm³/mol. The molecular formula is C15H15ClN2OS. The highest BCUT2D eigenvalue weighted by Gasteiger charge is 2.07. The average molecular weight is 307 g/mol. The molecule has 2 aromatic rings. The van der Waals surface area contributed by atoms with E-state index in [9.17, 15) is 4.79 Å². The van der Waals surface area contributed by atoms with Crippen LogP contribution >= 0.6 is 23.4 Å². The molecule has 0 atom stereocenters. The summed E-state index contributed by atoms with van der Waals surface area (Å²) in [5.41, 5.74) is 2.54. The van der Waals surface area contributed by atoms with Gasteiger partial charge in [-0.15, -0.1) is 0 Å². The molecule has 0 bridgehead atoms. The highest BCUT2D eigenvalue weighted by atomic mass is 35.5. The summed E-state index contributed by atoms with van der Waals surface area (Å²) < 4.78 is 0. The topological polar surface area (TPSA) is 41.1 Å². The van der Waals surface area contributed by atoms with E-state index in [1.165, 1.54) is 0 Å². The van der Waals surface area contributed by atoms with Crippen LogP contribution in [0.4, 0.5) is 16.2 Å². The third-order valence-corrected chi connectivity index (χ3v) is 3.48. The third kappa shape index (κ3) is 4.18. The molecule has 2 N–H and O–H groups in total. The van der Waals surface area contributed by atoms with Crippen LogP contribution < -0.4 is 10.6 Å². The number of urea groups is 1. The Bertz CT molecular complexity index is 590. The molecule has 0 fully saturated rings. The van der Waals surface area contributed by atoms with Gasteiger partial charge in [0, 0.05) is 22.2 Å². The van der Waals surface area contributed by atoms with Crippen LogP contribution in [0.5, 0.6) is 0 Å². The molecule has 2 aromatic carbocycles. The van der Waals surface area contributed by atoms with Crippen LogP contribution in [0.3, 0.4) is 0 Å². The van der Waals surface area contributed by atoms with E-state index in [4.69, 9.17) is 11.6 Å². The largest absolute Gasteiger partial charge is 0.323 e. The lowest BCUT2D eigenvalue weighted by molar-refractivity contribution is 0.262. The summed E-state index contributed by atoms with van der Waals surface area (Å²) in [7, 11) is 0. The highest BCUT2D eigenvalue weighted by molar-refractivity contribution is 7.97. The number of thioether (sulfide) groups is 1. The maximum atomic E-state index is 12.0. The molecular weight excluding hydrogens is 292 g/mol. The minimum atomic E-state index is -0.263. The minimum Gasteiger partial charge on any atom is -0.308 e. The van der Waals surface area contributed by atoms with Crippen LogP contribution in [0.15, 0.2) is 48.5 Å². The first-order valence-corrected chi connectivity index (χ1v) is 7.86. The van der Waals surface area contributed by atoms with Crippen LogP contribution in [0.1, 0.15) is 5.56 Å². The summed E-state index contributed by atoms with van der Waals surface area (Å²) in [4.78, 5) is 12.0. The van der Waals surface area contributed by atoms with E-state index >= 15 is 0 Å². The van der Waals surface area contributed by atoms with Crippen molar-refractivity contribution >= 4 is 40.8 Å². The number of rotatable bonds is 4. The van der Waals surface area contributed by atoms with Gasteiger partial charge in [0.25, 0.3) is 0 Å². The van der Waals surface area contributed by atoms with E-state index in [1.807, 2.05) is 48.7 Å². The number of benzene rings is 2. The molecule has 0 aliphatic heterocycles. The summed E-state index contributed by atoms with van der Waals surface area (Å²) in [6, 6.07) is 14.5. The van der Waals surface area contributed by atoms with E-state index in [0.717, 1.165) is 22.7 Å².